The Morgan fingerprint density at radius 3 is 2.88 bits per heavy atom. The number of aryl methyl sites for hydroxylation is 3. The van der Waals surface area contributed by atoms with Crippen molar-refractivity contribution in [2.45, 2.75) is 44.6 Å². The topological polar surface area (TPSA) is 73.2 Å². The maximum absolute atomic E-state index is 12.5. The van der Waals surface area contributed by atoms with Crippen LogP contribution in [0.5, 0.6) is 0 Å². The van der Waals surface area contributed by atoms with E-state index in [1.807, 2.05) is 6.07 Å². The van der Waals surface area contributed by atoms with Gasteiger partial charge < -0.3 is 10.1 Å². The highest BCUT2D eigenvalue weighted by Gasteiger charge is 2.14. The van der Waals surface area contributed by atoms with Crippen LogP contribution in [0.2, 0.25) is 0 Å². The van der Waals surface area contributed by atoms with Crippen LogP contribution in [0, 0.1) is 6.92 Å². The molecule has 7 heteroatoms. The molecule has 1 N–H and O–H groups in total. The molecule has 0 aliphatic heterocycles. The van der Waals surface area contributed by atoms with E-state index in [0.717, 1.165) is 18.5 Å². The van der Waals surface area contributed by atoms with E-state index in [1.165, 1.54) is 29.0 Å². The maximum Gasteiger partial charge on any atom is 0.302 e. The highest BCUT2D eigenvalue weighted by molar-refractivity contribution is 7.80. The number of esters is 1. The van der Waals surface area contributed by atoms with Crippen LogP contribution in [0.15, 0.2) is 27.9 Å². The van der Waals surface area contributed by atoms with Crippen LogP contribution in [-0.4, -0.2) is 22.1 Å². The van der Waals surface area contributed by atoms with Crippen LogP contribution >= 0.6 is 12.6 Å². The van der Waals surface area contributed by atoms with Crippen LogP contribution in [-0.2, 0) is 28.9 Å². The third-order valence-corrected chi connectivity index (χ3v) is 4.72. The third-order valence-electron chi connectivity index (χ3n) is 4.32. The molecule has 0 fully saturated rings. The minimum atomic E-state index is -0.375. The zero-order valence-electron chi connectivity index (χ0n) is 14.3. The van der Waals surface area contributed by atoms with E-state index >= 15 is 0 Å². The van der Waals surface area contributed by atoms with Gasteiger partial charge in [0.15, 0.2) is 5.82 Å². The number of hydrogen-bond acceptors (Lipinski definition) is 6. The maximum atomic E-state index is 12.5. The lowest BCUT2D eigenvalue weighted by molar-refractivity contribution is -0.141. The third kappa shape index (κ3) is 3.87. The minimum Gasteiger partial charge on any atom is -0.464 e. The van der Waals surface area contributed by atoms with Gasteiger partial charge in [0.2, 0.25) is 0 Å². The van der Waals surface area contributed by atoms with E-state index < -0.39 is 0 Å². The zero-order valence-corrected chi connectivity index (χ0v) is 15.2. The van der Waals surface area contributed by atoms with Gasteiger partial charge in [-0.1, -0.05) is 6.07 Å². The number of nitrogens with zero attached hydrogens (tertiary/aromatic N) is 2. The second-order valence-electron chi connectivity index (χ2n) is 6.12. The van der Waals surface area contributed by atoms with Crippen molar-refractivity contribution < 1.29 is 9.53 Å². The van der Waals surface area contributed by atoms with Crippen molar-refractivity contribution in [3.8, 4) is 0 Å². The number of carbonyl (C=O) groups is 1. The van der Waals surface area contributed by atoms with Crippen LogP contribution in [0.3, 0.4) is 0 Å². The molecule has 1 aliphatic rings. The fraction of sp³-hybridized carbons (Fsp3) is 0.389. The van der Waals surface area contributed by atoms with Gasteiger partial charge in [-0.15, -0.1) is 12.6 Å². The van der Waals surface area contributed by atoms with Gasteiger partial charge in [0.25, 0.3) is 5.56 Å². The molecule has 0 amide bonds. The van der Waals surface area contributed by atoms with E-state index in [0.29, 0.717) is 11.6 Å². The molecule has 0 unspecified atom stereocenters. The SMILES string of the molecule is CC(=O)OCCn1c(C)nc(Nc2ccc3c(c2)CCC3)c(S)c1=O. The largest absolute Gasteiger partial charge is 0.464 e. The number of benzene rings is 1. The molecule has 6 nitrogen and oxygen atoms in total. The molecule has 25 heavy (non-hydrogen) atoms. The monoisotopic (exact) mass is 359 g/mol. The first-order valence-corrected chi connectivity index (χ1v) is 8.73. The average Bonchev–Trinajstić information content (AvgIpc) is 3.03. The number of carbonyl (C=O) groups excluding carboxylic acids is 1. The lowest BCUT2D eigenvalue weighted by Crippen LogP contribution is -2.27. The molecule has 1 aromatic carbocycles. The molecule has 1 aliphatic carbocycles. The Bertz CT molecular complexity index is 877. The molecule has 1 heterocycles. The van der Waals surface area contributed by atoms with Crippen molar-refractivity contribution >= 4 is 30.1 Å². The Kier molecular flexibility index (Phi) is 5.13. The van der Waals surface area contributed by atoms with E-state index in [-0.39, 0.29) is 29.6 Å². The van der Waals surface area contributed by atoms with E-state index in [9.17, 15) is 9.59 Å². The second kappa shape index (κ2) is 7.31. The molecular formula is C18H21N3O3S. The quantitative estimate of drug-likeness (QED) is 0.634. The standard InChI is InChI=1S/C18H21N3O3S/c1-11-19-17(16(25)18(23)21(11)8-9-24-12(2)22)20-15-7-6-13-4-3-5-14(13)10-15/h6-7,10,20,25H,3-5,8-9H2,1-2H3. The molecule has 0 atom stereocenters. The number of anilines is 2. The Morgan fingerprint density at radius 2 is 2.12 bits per heavy atom. The molecule has 0 spiro atoms. The van der Waals surface area contributed by atoms with Gasteiger partial charge in [-0.2, -0.15) is 0 Å². The second-order valence-corrected chi connectivity index (χ2v) is 6.56. The normalized spacial score (nSPS) is 12.8. The Balaban J connectivity index is 1.83. The van der Waals surface area contributed by atoms with Crippen molar-refractivity contribution in [3.05, 3.63) is 45.5 Å². The predicted octanol–water partition coefficient (Wildman–Crippen LogP) is 2.64. The summed E-state index contributed by atoms with van der Waals surface area (Å²) < 4.78 is 6.35. The summed E-state index contributed by atoms with van der Waals surface area (Å²) in [6.45, 7) is 3.46. The summed E-state index contributed by atoms with van der Waals surface area (Å²) in [5, 5.41) is 3.20. The summed E-state index contributed by atoms with van der Waals surface area (Å²) in [7, 11) is 0. The molecule has 2 aromatic rings. The fourth-order valence-corrected chi connectivity index (χ4v) is 3.30. The number of nitrogens with one attached hydrogen (secondary N) is 1. The summed E-state index contributed by atoms with van der Waals surface area (Å²) >= 11 is 4.34. The van der Waals surface area contributed by atoms with Gasteiger partial charge in [-0.25, -0.2) is 4.98 Å². The summed E-state index contributed by atoms with van der Waals surface area (Å²) in [6.07, 6.45) is 3.40. The smallest absolute Gasteiger partial charge is 0.302 e. The predicted molar refractivity (Wildman–Crippen MR) is 98.9 cm³/mol. The Hall–Kier alpha value is -2.28. The molecule has 0 bridgehead atoms. The average molecular weight is 359 g/mol. The molecule has 3 rings (SSSR count). The van der Waals surface area contributed by atoms with Gasteiger partial charge in [0.05, 0.1) is 6.54 Å². The van der Waals surface area contributed by atoms with Crippen LogP contribution < -0.4 is 10.9 Å². The lowest BCUT2D eigenvalue weighted by atomic mass is 10.1. The number of rotatable bonds is 5. The number of thiol groups is 1. The number of fused-ring (bicyclic) bond motifs is 1. The van der Waals surface area contributed by atoms with E-state index in [1.54, 1.807) is 6.92 Å². The highest BCUT2D eigenvalue weighted by Crippen LogP contribution is 2.27. The van der Waals surface area contributed by atoms with E-state index in [2.05, 4.69) is 35.1 Å². The zero-order chi connectivity index (χ0) is 18.0. The van der Waals surface area contributed by atoms with Crippen LogP contribution in [0.1, 0.15) is 30.3 Å². The number of aromatic nitrogens is 2. The van der Waals surface area contributed by atoms with Crippen molar-refractivity contribution in [2.24, 2.45) is 0 Å². The van der Waals surface area contributed by atoms with Gasteiger partial charge in [0.1, 0.15) is 17.3 Å². The highest BCUT2D eigenvalue weighted by atomic mass is 32.1. The van der Waals surface area contributed by atoms with Crippen LogP contribution in [0.25, 0.3) is 0 Å². The molecule has 0 radical (unpaired) electrons. The summed E-state index contributed by atoms with van der Waals surface area (Å²) in [5.74, 6) is 0.603. The number of ether oxygens (including phenoxy) is 1. The summed E-state index contributed by atoms with van der Waals surface area (Å²) in [6, 6.07) is 6.23. The van der Waals surface area contributed by atoms with Gasteiger partial charge in [0, 0.05) is 12.6 Å². The van der Waals surface area contributed by atoms with Gasteiger partial charge in [-0.3, -0.25) is 14.2 Å². The Labute approximate surface area is 151 Å². The minimum absolute atomic E-state index is 0.128. The fourth-order valence-electron chi connectivity index (χ4n) is 3.07. The Morgan fingerprint density at radius 1 is 1.36 bits per heavy atom. The summed E-state index contributed by atoms with van der Waals surface area (Å²) in [5.41, 5.74) is 3.38. The molecule has 132 valence electrons. The summed E-state index contributed by atoms with van der Waals surface area (Å²) in [4.78, 5) is 28.1. The van der Waals surface area contributed by atoms with Crippen LogP contribution in [0.4, 0.5) is 11.5 Å². The van der Waals surface area contributed by atoms with Gasteiger partial charge in [-0.05, 0) is 49.4 Å². The first-order chi connectivity index (χ1) is 12.0. The van der Waals surface area contributed by atoms with Crippen molar-refractivity contribution in [1.29, 1.82) is 0 Å². The van der Waals surface area contributed by atoms with Gasteiger partial charge >= 0.3 is 5.97 Å². The molecular weight excluding hydrogens is 338 g/mol. The lowest BCUT2D eigenvalue weighted by Gasteiger charge is -2.14. The number of hydrogen-bond donors (Lipinski definition) is 2. The first kappa shape index (κ1) is 17.5. The molecule has 0 saturated carbocycles. The first-order valence-electron chi connectivity index (χ1n) is 8.28. The van der Waals surface area contributed by atoms with Crippen molar-refractivity contribution in [3.63, 3.8) is 0 Å². The van der Waals surface area contributed by atoms with Crippen molar-refractivity contribution in [1.82, 2.24) is 9.55 Å². The van der Waals surface area contributed by atoms with E-state index in [4.69, 9.17) is 4.74 Å². The molecule has 0 saturated heterocycles. The van der Waals surface area contributed by atoms with Crippen molar-refractivity contribution in [2.75, 3.05) is 11.9 Å². The molecule has 1 aromatic heterocycles.